The quantitative estimate of drug-likeness (QED) is 0.156. The van der Waals surface area contributed by atoms with Gasteiger partial charge in [-0.2, -0.15) is 0 Å². The molecule has 5 aromatic carbocycles. The standard InChI is InChI=1S/C42H31N5O6/c48-29-20-18-28(19-21-29)38-42(30-24-25(17-22-31(30)43-41(42)52)10-9-23-46-33-16-8-7-15-32(33)44-45-46)34(39(49)50)36-40(51)53-37(27-13-5-2-6-14-27)35(47(36)38)26-11-3-1-4-12-26/h1-8,11-22,24,34-38,48H,23H2,(H,43,52)(H,49,50)/t34-,35-,36-,37+,38+,42-/m1/s1. The molecule has 6 aromatic rings. The van der Waals surface area contributed by atoms with Crippen molar-refractivity contribution in [3.05, 3.63) is 155 Å². The number of ether oxygens (including phenoxy) is 1. The number of carboxylic acid groups (broad SMARTS) is 1. The van der Waals surface area contributed by atoms with Crippen molar-refractivity contribution in [2.45, 2.75) is 36.2 Å². The lowest BCUT2D eigenvalue weighted by Crippen LogP contribution is -2.52. The Morgan fingerprint density at radius 3 is 2.26 bits per heavy atom. The molecule has 11 heteroatoms. The van der Waals surface area contributed by atoms with Gasteiger partial charge >= 0.3 is 11.9 Å². The number of amides is 1. The van der Waals surface area contributed by atoms with E-state index in [9.17, 15) is 24.6 Å². The van der Waals surface area contributed by atoms with Crippen LogP contribution in [0.1, 0.15) is 46.0 Å². The third-order valence-corrected chi connectivity index (χ3v) is 10.7. The fraction of sp³-hybridized carbons (Fsp3) is 0.167. The molecule has 2 fully saturated rings. The van der Waals surface area contributed by atoms with Gasteiger partial charge in [0, 0.05) is 11.3 Å². The molecule has 260 valence electrons. The summed E-state index contributed by atoms with van der Waals surface area (Å²) in [4.78, 5) is 44.8. The van der Waals surface area contributed by atoms with E-state index in [-0.39, 0.29) is 12.3 Å². The molecule has 1 aromatic heterocycles. The molecular weight excluding hydrogens is 670 g/mol. The molecule has 1 spiro atoms. The van der Waals surface area contributed by atoms with E-state index in [0.717, 1.165) is 22.2 Å². The van der Waals surface area contributed by atoms with Crippen molar-refractivity contribution >= 4 is 34.6 Å². The smallest absolute Gasteiger partial charge is 0.325 e. The van der Waals surface area contributed by atoms with Crippen molar-refractivity contribution in [2.24, 2.45) is 5.92 Å². The summed E-state index contributed by atoms with van der Waals surface area (Å²) in [5.41, 5.74) is 3.21. The molecule has 0 radical (unpaired) electrons. The van der Waals surface area contributed by atoms with Crippen LogP contribution in [0.4, 0.5) is 5.69 Å². The monoisotopic (exact) mass is 701 g/mol. The van der Waals surface area contributed by atoms with Gasteiger partial charge in [-0.3, -0.25) is 19.3 Å². The minimum Gasteiger partial charge on any atom is -0.508 e. The molecule has 2 saturated heterocycles. The van der Waals surface area contributed by atoms with Gasteiger partial charge in [0.2, 0.25) is 5.91 Å². The topological polar surface area (TPSA) is 147 Å². The molecule has 4 heterocycles. The number of carbonyl (C=O) groups excluding carboxylic acids is 2. The maximum atomic E-state index is 14.8. The van der Waals surface area contributed by atoms with Gasteiger partial charge in [0.25, 0.3) is 0 Å². The van der Waals surface area contributed by atoms with Gasteiger partial charge in [-0.1, -0.05) is 102 Å². The van der Waals surface area contributed by atoms with Crippen molar-refractivity contribution in [1.82, 2.24) is 19.9 Å². The van der Waals surface area contributed by atoms with Crippen LogP contribution in [0.15, 0.2) is 127 Å². The number of cyclic esters (lactones) is 1. The fourth-order valence-electron chi connectivity index (χ4n) is 8.56. The van der Waals surface area contributed by atoms with Crippen molar-refractivity contribution in [1.29, 1.82) is 0 Å². The number of carboxylic acids is 1. The van der Waals surface area contributed by atoms with Crippen LogP contribution >= 0.6 is 0 Å². The number of morpholine rings is 1. The average molecular weight is 702 g/mol. The third-order valence-electron chi connectivity index (χ3n) is 10.7. The molecule has 3 N–H and O–H groups in total. The zero-order valence-electron chi connectivity index (χ0n) is 28.0. The molecule has 11 nitrogen and oxygen atoms in total. The third kappa shape index (κ3) is 4.98. The van der Waals surface area contributed by atoms with Crippen LogP contribution in [0.2, 0.25) is 0 Å². The van der Waals surface area contributed by atoms with Crippen molar-refractivity contribution in [3.8, 4) is 17.6 Å². The zero-order chi connectivity index (χ0) is 36.3. The van der Waals surface area contributed by atoms with E-state index in [1.807, 2.05) is 89.8 Å². The van der Waals surface area contributed by atoms with Crippen LogP contribution < -0.4 is 5.32 Å². The Balaban J connectivity index is 1.25. The summed E-state index contributed by atoms with van der Waals surface area (Å²) in [5.74, 6) is 2.15. The zero-order valence-corrected chi connectivity index (χ0v) is 28.0. The summed E-state index contributed by atoms with van der Waals surface area (Å²) in [6.45, 7) is 0.245. The highest BCUT2D eigenvalue weighted by Gasteiger charge is 2.74. The van der Waals surface area contributed by atoms with Crippen LogP contribution in [0.3, 0.4) is 0 Å². The number of anilines is 1. The Morgan fingerprint density at radius 2 is 1.53 bits per heavy atom. The second-order valence-corrected chi connectivity index (χ2v) is 13.4. The first-order chi connectivity index (χ1) is 25.9. The van der Waals surface area contributed by atoms with Crippen LogP contribution in [-0.2, 0) is 31.1 Å². The average Bonchev–Trinajstić information content (AvgIpc) is 3.83. The van der Waals surface area contributed by atoms with Gasteiger partial charge in [0.1, 0.15) is 41.3 Å². The van der Waals surface area contributed by atoms with E-state index in [2.05, 4.69) is 27.5 Å². The molecular formula is C42H31N5O6. The summed E-state index contributed by atoms with van der Waals surface area (Å²) in [7, 11) is 0. The second-order valence-electron chi connectivity index (χ2n) is 13.4. The summed E-state index contributed by atoms with van der Waals surface area (Å²) in [6.07, 6.45) is -0.833. The minimum absolute atomic E-state index is 0.000881. The van der Waals surface area contributed by atoms with Crippen LogP contribution in [0, 0.1) is 17.8 Å². The number of benzene rings is 5. The first-order valence-electron chi connectivity index (χ1n) is 17.2. The first kappa shape index (κ1) is 32.2. The van der Waals surface area contributed by atoms with E-state index in [4.69, 9.17) is 4.74 Å². The molecule has 53 heavy (non-hydrogen) atoms. The van der Waals surface area contributed by atoms with Gasteiger partial charge in [-0.05, 0) is 64.7 Å². The molecule has 6 atom stereocenters. The first-order valence-corrected chi connectivity index (χ1v) is 17.2. The molecule has 9 rings (SSSR count). The number of fused-ring (bicyclic) bond motifs is 4. The van der Waals surface area contributed by atoms with Gasteiger partial charge in [0.05, 0.1) is 17.6 Å². The second kappa shape index (κ2) is 12.5. The normalized spacial score (nSPS) is 24.6. The lowest BCUT2D eigenvalue weighted by Gasteiger charge is -2.46. The Labute approximate surface area is 303 Å². The largest absolute Gasteiger partial charge is 0.508 e. The number of hydrogen-bond donors (Lipinski definition) is 3. The highest BCUT2D eigenvalue weighted by Crippen LogP contribution is 2.64. The van der Waals surface area contributed by atoms with Crippen LogP contribution in [-0.4, -0.2) is 54.0 Å². The lowest BCUT2D eigenvalue weighted by atomic mass is 9.65. The van der Waals surface area contributed by atoms with E-state index >= 15 is 0 Å². The van der Waals surface area contributed by atoms with E-state index < -0.39 is 53.4 Å². The van der Waals surface area contributed by atoms with Crippen LogP contribution in [0.5, 0.6) is 5.75 Å². The highest BCUT2D eigenvalue weighted by molar-refractivity contribution is 6.11. The van der Waals surface area contributed by atoms with E-state index in [0.29, 0.717) is 22.4 Å². The fourth-order valence-corrected chi connectivity index (χ4v) is 8.56. The van der Waals surface area contributed by atoms with E-state index in [1.165, 1.54) is 12.1 Å². The van der Waals surface area contributed by atoms with Gasteiger partial charge in [-0.25, -0.2) is 4.68 Å². The number of aliphatic carboxylic acids is 1. The Morgan fingerprint density at radius 1 is 0.830 bits per heavy atom. The number of nitrogens with one attached hydrogen (secondary N) is 1. The van der Waals surface area contributed by atoms with E-state index in [1.54, 1.807) is 35.0 Å². The number of aromatic nitrogens is 3. The summed E-state index contributed by atoms with van der Waals surface area (Å²) >= 11 is 0. The molecule has 1 amide bonds. The highest BCUT2D eigenvalue weighted by atomic mass is 16.6. The van der Waals surface area contributed by atoms with Crippen molar-refractivity contribution < 1.29 is 29.3 Å². The maximum Gasteiger partial charge on any atom is 0.325 e. The minimum atomic E-state index is -1.82. The van der Waals surface area contributed by atoms with Crippen molar-refractivity contribution in [3.63, 3.8) is 0 Å². The summed E-state index contributed by atoms with van der Waals surface area (Å²) in [6, 6.07) is 34.9. The molecule has 0 saturated carbocycles. The number of phenolic OH excluding ortho intramolecular Hbond substituents is 1. The van der Waals surface area contributed by atoms with Crippen molar-refractivity contribution in [2.75, 3.05) is 5.32 Å². The summed E-state index contributed by atoms with van der Waals surface area (Å²) < 4.78 is 7.95. The number of nitrogens with zero attached hydrogens (tertiary/aromatic N) is 4. The Kier molecular flexibility index (Phi) is 7.57. The molecule has 0 unspecified atom stereocenters. The maximum absolute atomic E-state index is 14.8. The van der Waals surface area contributed by atoms with Gasteiger partial charge < -0.3 is 20.3 Å². The van der Waals surface area contributed by atoms with Gasteiger partial charge in [-0.15, -0.1) is 5.10 Å². The summed E-state index contributed by atoms with van der Waals surface area (Å²) in [5, 5.41) is 32.9. The number of hydrogen-bond acceptors (Lipinski definition) is 8. The number of para-hydroxylation sites is 1. The molecule has 0 aliphatic carbocycles. The van der Waals surface area contributed by atoms with Crippen LogP contribution in [0.25, 0.3) is 11.0 Å². The SMILES string of the molecule is O=C1O[C@@H](c2ccccc2)[C@@H](c2ccccc2)N2[C@@H](c3ccc(O)cc3)[C@]3(C(=O)Nc4ccc(C#CCn5nnc6ccccc65)cc43)[C@@H](C(=O)O)[C@H]12. The number of phenols is 1. The number of esters is 1. The molecule has 0 bridgehead atoms. The number of carbonyl (C=O) groups is 3. The molecule has 3 aliphatic heterocycles. The number of aromatic hydroxyl groups is 1. The predicted octanol–water partition coefficient (Wildman–Crippen LogP) is 5.54. The number of rotatable bonds is 5. The lowest BCUT2D eigenvalue weighted by molar-refractivity contribution is -0.179. The Bertz CT molecular complexity index is 2470. The Hall–Kier alpha value is -6.77. The molecule has 3 aliphatic rings. The predicted molar refractivity (Wildman–Crippen MR) is 193 cm³/mol. The van der Waals surface area contributed by atoms with Gasteiger partial charge in [0.15, 0.2) is 0 Å².